The topological polar surface area (TPSA) is 55.8 Å². The van der Waals surface area contributed by atoms with Gasteiger partial charge in [0.2, 0.25) is 0 Å². The Hall–Kier alpha value is -2.41. The molecule has 24 heavy (non-hydrogen) atoms. The summed E-state index contributed by atoms with van der Waals surface area (Å²) in [4.78, 5) is 25.9. The fraction of sp³-hybridized carbons (Fsp3) is 0.176. The number of methoxy groups -OCH3 is 2. The van der Waals surface area contributed by atoms with Gasteiger partial charge in [-0.2, -0.15) is 0 Å². The summed E-state index contributed by atoms with van der Waals surface area (Å²) in [6, 6.07) is 2.61. The molecule has 0 radical (unpaired) electrons. The number of allylic oxidation sites excluding steroid dienone is 2. The number of ether oxygens (including phenoxy) is 2. The number of benzene rings is 1. The summed E-state index contributed by atoms with van der Waals surface area (Å²) in [5.41, 5.74) is 1.09. The molecular formula is C17H15BrFNO4. The van der Waals surface area contributed by atoms with Crippen LogP contribution in [0, 0.1) is 12.7 Å². The summed E-state index contributed by atoms with van der Waals surface area (Å²) in [7, 11) is 2.44. The summed E-state index contributed by atoms with van der Waals surface area (Å²) >= 11 is 3.30. The van der Waals surface area contributed by atoms with E-state index in [-0.39, 0.29) is 11.3 Å². The lowest BCUT2D eigenvalue weighted by Crippen LogP contribution is -2.27. The van der Waals surface area contributed by atoms with Crippen molar-refractivity contribution >= 4 is 33.6 Å². The van der Waals surface area contributed by atoms with Gasteiger partial charge in [-0.3, -0.25) is 0 Å². The molecule has 0 aromatic heterocycles. The van der Waals surface area contributed by atoms with Gasteiger partial charge in [-0.25, -0.2) is 14.0 Å². The number of hydrogen-bond acceptors (Lipinski definition) is 5. The molecule has 1 aliphatic heterocycles. The number of halogens is 2. The van der Waals surface area contributed by atoms with Crippen molar-refractivity contribution in [3.8, 4) is 0 Å². The van der Waals surface area contributed by atoms with E-state index >= 15 is 0 Å². The monoisotopic (exact) mass is 395 g/mol. The standard InChI is InChI=1S/C17H15BrFNO4/c1-10-8-11(19)9-13(18)14(10)20-7-5-4-6-12(16(21)23-2)15(20)17(22)24-3/h4-9H,1-3H3. The molecular weight excluding hydrogens is 381 g/mol. The number of carbonyl (C=O) groups excluding carboxylic acids is 2. The van der Waals surface area contributed by atoms with Crippen LogP contribution in [0.25, 0.3) is 0 Å². The lowest BCUT2D eigenvalue weighted by Gasteiger charge is -2.25. The highest BCUT2D eigenvalue weighted by molar-refractivity contribution is 9.10. The van der Waals surface area contributed by atoms with Crippen molar-refractivity contribution in [1.82, 2.24) is 0 Å². The van der Waals surface area contributed by atoms with Crippen LogP contribution in [0.5, 0.6) is 0 Å². The van der Waals surface area contributed by atoms with Crippen molar-refractivity contribution in [3.63, 3.8) is 0 Å². The first-order chi connectivity index (χ1) is 11.4. The van der Waals surface area contributed by atoms with E-state index in [1.54, 1.807) is 25.3 Å². The molecule has 0 aliphatic carbocycles. The highest BCUT2D eigenvalue weighted by Gasteiger charge is 2.29. The van der Waals surface area contributed by atoms with Gasteiger partial charge in [0.15, 0.2) is 0 Å². The molecule has 0 unspecified atom stereocenters. The molecule has 1 aliphatic rings. The predicted molar refractivity (Wildman–Crippen MR) is 90.7 cm³/mol. The predicted octanol–water partition coefficient (Wildman–Crippen LogP) is 3.39. The van der Waals surface area contributed by atoms with Crippen molar-refractivity contribution in [2.24, 2.45) is 0 Å². The molecule has 0 amide bonds. The maximum Gasteiger partial charge on any atom is 0.355 e. The summed E-state index contributed by atoms with van der Waals surface area (Å²) in [6.07, 6.45) is 6.29. The Labute approximate surface area is 147 Å². The lowest BCUT2D eigenvalue weighted by molar-refractivity contribution is -0.139. The quantitative estimate of drug-likeness (QED) is 0.734. The number of hydrogen-bond donors (Lipinski definition) is 0. The molecule has 0 spiro atoms. The van der Waals surface area contributed by atoms with Crippen LogP contribution < -0.4 is 4.90 Å². The number of esters is 2. The van der Waals surface area contributed by atoms with E-state index in [0.717, 1.165) is 0 Å². The SMILES string of the molecule is COC(=O)C1=C(C(=O)OC)N(c2c(C)cc(F)cc2Br)C=CC=C1. The average Bonchev–Trinajstić information content (AvgIpc) is 2.75. The smallest absolute Gasteiger partial charge is 0.355 e. The molecule has 0 N–H and O–H groups in total. The molecule has 0 saturated carbocycles. The Kier molecular flexibility index (Phi) is 5.56. The van der Waals surface area contributed by atoms with E-state index < -0.39 is 17.8 Å². The minimum absolute atomic E-state index is 0.0234. The van der Waals surface area contributed by atoms with E-state index in [9.17, 15) is 14.0 Å². The zero-order valence-corrected chi connectivity index (χ0v) is 14.9. The average molecular weight is 396 g/mol. The van der Waals surface area contributed by atoms with Crippen LogP contribution in [0.15, 0.2) is 52.3 Å². The van der Waals surface area contributed by atoms with Gasteiger partial charge in [-0.1, -0.05) is 6.08 Å². The first kappa shape index (κ1) is 17.9. The van der Waals surface area contributed by atoms with Crippen molar-refractivity contribution < 1.29 is 23.5 Å². The number of anilines is 1. The maximum atomic E-state index is 13.6. The summed E-state index contributed by atoms with van der Waals surface area (Å²) in [6.45, 7) is 1.70. The van der Waals surface area contributed by atoms with Crippen molar-refractivity contribution in [2.75, 3.05) is 19.1 Å². The van der Waals surface area contributed by atoms with E-state index in [1.807, 2.05) is 0 Å². The molecule has 1 aromatic rings. The number of nitrogens with zero attached hydrogens (tertiary/aromatic N) is 1. The second-order valence-corrected chi connectivity index (χ2v) is 5.72. The van der Waals surface area contributed by atoms with E-state index in [2.05, 4.69) is 15.9 Å². The normalized spacial score (nSPS) is 13.8. The van der Waals surface area contributed by atoms with Gasteiger partial charge in [0.1, 0.15) is 11.5 Å². The van der Waals surface area contributed by atoms with Gasteiger partial charge in [-0.05, 0) is 52.7 Å². The van der Waals surface area contributed by atoms with Crippen LogP contribution >= 0.6 is 15.9 Å². The van der Waals surface area contributed by atoms with Crippen LogP contribution in [0.4, 0.5) is 10.1 Å². The fourth-order valence-electron chi connectivity index (χ4n) is 2.34. The highest BCUT2D eigenvalue weighted by atomic mass is 79.9. The zero-order chi connectivity index (χ0) is 17.9. The third-order valence-corrected chi connectivity index (χ3v) is 3.95. The Balaban J connectivity index is 2.75. The molecule has 0 bridgehead atoms. The van der Waals surface area contributed by atoms with Gasteiger partial charge in [0.05, 0.1) is 25.5 Å². The third kappa shape index (κ3) is 3.41. The lowest BCUT2D eigenvalue weighted by atomic mass is 10.1. The van der Waals surface area contributed by atoms with Crippen LogP contribution in [0.2, 0.25) is 0 Å². The number of rotatable bonds is 3. The third-order valence-electron chi connectivity index (χ3n) is 3.35. The van der Waals surface area contributed by atoms with Gasteiger partial charge in [0.25, 0.3) is 0 Å². The Morgan fingerprint density at radius 1 is 1.12 bits per heavy atom. The van der Waals surface area contributed by atoms with E-state index in [4.69, 9.17) is 9.47 Å². The maximum absolute atomic E-state index is 13.6. The minimum atomic E-state index is -0.720. The molecule has 7 heteroatoms. The second-order valence-electron chi connectivity index (χ2n) is 4.87. The van der Waals surface area contributed by atoms with Gasteiger partial charge >= 0.3 is 11.9 Å². The summed E-state index contributed by atoms with van der Waals surface area (Å²) < 4.78 is 23.6. The molecule has 0 atom stereocenters. The Morgan fingerprint density at radius 3 is 2.38 bits per heavy atom. The second kappa shape index (κ2) is 7.44. The van der Waals surface area contributed by atoms with Crippen molar-refractivity contribution in [1.29, 1.82) is 0 Å². The van der Waals surface area contributed by atoms with Crippen molar-refractivity contribution in [2.45, 2.75) is 6.92 Å². The van der Waals surface area contributed by atoms with Gasteiger partial charge in [0, 0.05) is 10.7 Å². The molecule has 1 heterocycles. The van der Waals surface area contributed by atoms with Crippen molar-refractivity contribution in [3.05, 3.63) is 63.7 Å². The molecule has 5 nitrogen and oxygen atoms in total. The highest BCUT2D eigenvalue weighted by Crippen LogP contribution is 2.35. The van der Waals surface area contributed by atoms with E-state index in [1.165, 1.54) is 37.3 Å². The molecule has 1 aromatic carbocycles. The summed E-state index contributed by atoms with van der Waals surface area (Å²) in [5, 5.41) is 0. The van der Waals surface area contributed by atoms with Crippen LogP contribution in [-0.2, 0) is 19.1 Å². The van der Waals surface area contributed by atoms with Crippen LogP contribution in [0.1, 0.15) is 5.56 Å². The number of carbonyl (C=O) groups is 2. The summed E-state index contributed by atoms with van der Waals surface area (Å²) in [5.74, 6) is -1.82. The van der Waals surface area contributed by atoms with Crippen LogP contribution in [0.3, 0.4) is 0 Å². The number of aryl methyl sites for hydroxylation is 1. The molecule has 2 rings (SSSR count). The first-order valence-corrected chi connectivity index (χ1v) is 7.70. The fourth-order valence-corrected chi connectivity index (χ4v) is 3.06. The van der Waals surface area contributed by atoms with Crippen LogP contribution in [-0.4, -0.2) is 26.2 Å². The molecule has 0 saturated heterocycles. The Morgan fingerprint density at radius 2 is 1.79 bits per heavy atom. The van der Waals surface area contributed by atoms with Gasteiger partial charge in [-0.15, -0.1) is 0 Å². The molecule has 0 fully saturated rings. The zero-order valence-electron chi connectivity index (χ0n) is 13.3. The largest absolute Gasteiger partial charge is 0.465 e. The van der Waals surface area contributed by atoms with Gasteiger partial charge < -0.3 is 14.4 Å². The minimum Gasteiger partial charge on any atom is -0.465 e. The first-order valence-electron chi connectivity index (χ1n) is 6.91. The Bertz CT molecular complexity index is 760. The molecule has 126 valence electrons. The van der Waals surface area contributed by atoms with E-state index in [0.29, 0.717) is 15.7 Å².